The lowest BCUT2D eigenvalue weighted by Gasteiger charge is -2.24. The van der Waals surface area contributed by atoms with Gasteiger partial charge in [0, 0.05) is 30.3 Å². The molecule has 0 aliphatic rings. The van der Waals surface area contributed by atoms with E-state index in [1.807, 2.05) is 23.1 Å². The highest BCUT2D eigenvalue weighted by Gasteiger charge is 2.15. The number of anilines is 1. The Morgan fingerprint density at radius 1 is 1.04 bits per heavy atom. The normalized spacial score (nSPS) is 10.9. The van der Waals surface area contributed by atoms with Crippen LogP contribution in [0.4, 0.5) is 10.2 Å². The molecule has 6 nitrogen and oxygen atoms in total. The van der Waals surface area contributed by atoms with E-state index < -0.39 is 5.82 Å². The van der Waals surface area contributed by atoms with Crippen LogP contribution in [0.5, 0.6) is 0 Å². The summed E-state index contributed by atoms with van der Waals surface area (Å²) >= 11 is 6.04. The van der Waals surface area contributed by atoms with E-state index in [-0.39, 0.29) is 11.1 Å². The molecule has 4 aromatic rings. The van der Waals surface area contributed by atoms with Gasteiger partial charge < -0.3 is 9.88 Å². The van der Waals surface area contributed by atoms with Crippen molar-refractivity contribution in [1.29, 1.82) is 0 Å². The summed E-state index contributed by atoms with van der Waals surface area (Å²) in [6.07, 6.45) is 3.08. The number of rotatable bonds is 5. The SMILES string of the molecule is O=c1cc(CN(Cc2ccccn2)c2cc(Cl)ncn2)c2cccc(F)c2[nH]1. The predicted molar refractivity (Wildman–Crippen MR) is 106 cm³/mol. The van der Waals surface area contributed by atoms with Crippen molar-refractivity contribution < 1.29 is 4.39 Å². The van der Waals surface area contributed by atoms with E-state index in [9.17, 15) is 9.18 Å². The van der Waals surface area contributed by atoms with Gasteiger partial charge in [0.1, 0.15) is 23.1 Å². The van der Waals surface area contributed by atoms with Crippen LogP contribution >= 0.6 is 11.6 Å². The minimum Gasteiger partial charge on any atom is -0.346 e. The third-order valence-corrected chi connectivity index (χ3v) is 4.50. The van der Waals surface area contributed by atoms with E-state index in [1.165, 1.54) is 18.5 Å². The Morgan fingerprint density at radius 2 is 1.93 bits per heavy atom. The number of fused-ring (bicyclic) bond motifs is 1. The summed E-state index contributed by atoms with van der Waals surface area (Å²) in [7, 11) is 0. The van der Waals surface area contributed by atoms with Gasteiger partial charge in [-0.05, 0) is 23.8 Å². The van der Waals surface area contributed by atoms with Crippen molar-refractivity contribution >= 4 is 28.3 Å². The molecule has 4 rings (SSSR count). The van der Waals surface area contributed by atoms with Gasteiger partial charge in [0.05, 0.1) is 17.8 Å². The number of halogens is 2. The Morgan fingerprint density at radius 3 is 2.71 bits per heavy atom. The molecule has 0 unspecified atom stereocenters. The summed E-state index contributed by atoms with van der Waals surface area (Å²) in [5.74, 6) is 0.105. The molecule has 140 valence electrons. The molecule has 3 aromatic heterocycles. The van der Waals surface area contributed by atoms with Gasteiger partial charge in [0.2, 0.25) is 5.56 Å². The zero-order valence-electron chi connectivity index (χ0n) is 14.6. The molecule has 0 radical (unpaired) electrons. The van der Waals surface area contributed by atoms with Gasteiger partial charge in [-0.25, -0.2) is 14.4 Å². The Hall–Kier alpha value is -3.32. The van der Waals surface area contributed by atoms with Crippen molar-refractivity contribution in [1.82, 2.24) is 19.9 Å². The van der Waals surface area contributed by atoms with Crippen LogP contribution in [0, 0.1) is 5.82 Å². The number of nitrogens with one attached hydrogen (secondary N) is 1. The molecule has 8 heteroatoms. The van der Waals surface area contributed by atoms with E-state index in [0.29, 0.717) is 35.0 Å². The third kappa shape index (κ3) is 3.84. The second-order valence-corrected chi connectivity index (χ2v) is 6.58. The fraction of sp³-hybridized carbons (Fsp3) is 0.100. The average Bonchev–Trinajstić information content (AvgIpc) is 2.69. The average molecular weight is 396 g/mol. The summed E-state index contributed by atoms with van der Waals surface area (Å²) in [5, 5.41) is 0.934. The summed E-state index contributed by atoms with van der Waals surface area (Å²) < 4.78 is 14.2. The quantitative estimate of drug-likeness (QED) is 0.521. The first kappa shape index (κ1) is 18.1. The number of H-pyrrole nitrogens is 1. The molecule has 3 heterocycles. The highest BCUT2D eigenvalue weighted by atomic mass is 35.5. The summed E-state index contributed by atoms with van der Waals surface area (Å²) in [6.45, 7) is 0.742. The first-order valence-electron chi connectivity index (χ1n) is 8.53. The van der Waals surface area contributed by atoms with E-state index >= 15 is 0 Å². The van der Waals surface area contributed by atoms with E-state index in [4.69, 9.17) is 11.6 Å². The number of para-hydroxylation sites is 1. The zero-order valence-corrected chi connectivity index (χ0v) is 15.4. The highest BCUT2D eigenvalue weighted by molar-refractivity contribution is 6.29. The van der Waals surface area contributed by atoms with Crippen molar-refractivity contribution in [2.24, 2.45) is 0 Å². The highest BCUT2D eigenvalue weighted by Crippen LogP contribution is 2.23. The van der Waals surface area contributed by atoms with Crippen molar-refractivity contribution in [3.05, 3.63) is 93.6 Å². The maximum atomic E-state index is 14.2. The molecular formula is C20H15ClFN5O. The Balaban J connectivity index is 1.79. The number of aromatic nitrogens is 4. The standard InChI is InChI=1S/C20H15ClFN5O/c21-17-9-18(25-12-24-17)27(11-14-4-1-2-7-23-14)10-13-8-19(28)26-20-15(13)5-3-6-16(20)22/h1-9,12H,10-11H2,(H,26,28). The largest absolute Gasteiger partial charge is 0.346 e. The van der Waals surface area contributed by atoms with E-state index in [0.717, 1.165) is 5.69 Å². The van der Waals surface area contributed by atoms with Crippen LogP contribution in [0.2, 0.25) is 5.15 Å². The van der Waals surface area contributed by atoms with Gasteiger partial charge in [0.25, 0.3) is 0 Å². The van der Waals surface area contributed by atoms with Gasteiger partial charge in [-0.15, -0.1) is 0 Å². The molecule has 0 atom stereocenters. The molecule has 28 heavy (non-hydrogen) atoms. The van der Waals surface area contributed by atoms with Crippen molar-refractivity contribution in [2.75, 3.05) is 4.90 Å². The number of hydrogen-bond acceptors (Lipinski definition) is 5. The van der Waals surface area contributed by atoms with Crippen LogP contribution in [0.3, 0.4) is 0 Å². The second kappa shape index (κ2) is 7.74. The van der Waals surface area contributed by atoms with Crippen LogP contribution in [0.25, 0.3) is 10.9 Å². The van der Waals surface area contributed by atoms with Gasteiger partial charge >= 0.3 is 0 Å². The van der Waals surface area contributed by atoms with E-state index in [1.54, 1.807) is 24.4 Å². The lowest BCUT2D eigenvalue weighted by atomic mass is 10.1. The first-order chi connectivity index (χ1) is 13.6. The lowest BCUT2D eigenvalue weighted by molar-refractivity contribution is 0.636. The molecule has 0 saturated carbocycles. The molecule has 0 fully saturated rings. The van der Waals surface area contributed by atoms with Gasteiger partial charge in [0.15, 0.2) is 0 Å². The van der Waals surface area contributed by atoms with Crippen LogP contribution < -0.4 is 10.5 Å². The molecule has 1 N–H and O–H groups in total. The molecule has 0 spiro atoms. The number of pyridine rings is 2. The molecule has 1 aromatic carbocycles. The number of aromatic amines is 1. The van der Waals surface area contributed by atoms with Crippen LogP contribution in [0.15, 0.2) is 65.8 Å². The lowest BCUT2D eigenvalue weighted by Crippen LogP contribution is -2.25. The molecule has 0 aliphatic carbocycles. The van der Waals surface area contributed by atoms with Crippen LogP contribution in [-0.4, -0.2) is 19.9 Å². The summed E-state index contributed by atoms with van der Waals surface area (Å²) in [5.41, 5.74) is 1.30. The number of benzene rings is 1. The maximum Gasteiger partial charge on any atom is 0.248 e. The number of hydrogen-bond donors (Lipinski definition) is 1. The Labute approximate surface area is 164 Å². The Kier molecular flexibility index (Phi) is 4.99. The fourth-order valence-corrected chi connectivity index (χ4v) is 3.19. The maximum absolute atomic E-state index is 14.2. The first-order valence-corrected chi connectivity index (χ1v) is 8.91. The predicted octanol–water partition coefficient (Wildman–Crippen LogP) is 3.71. The Bertz CT molecular complexity index is 1180. The molecule has 0 amide bonds. The van der Waals surface area contributed by atoms with Crippen molar-refractivity contribution in [2.45, 2.75) is 13.1 Å². The summed E-state index contributed by atoms with van der Waals surface area (Å²) in [6, 6.07) is 13.4. The van der Waals surface area contributed by atoms with Gasteiger partial charge in [-0.2, -0.15) is 0 Å². The minimum atomic E-state index is -0.474. The monoisotopic (exact) mass is 395 g/mol. The van der Waals surface area contributed by atoms with Crippen LogP contribution in [-0.2, 0) is 13.1 Å². The minimum absolute atomic E-state index is 0.184. The third-order valence-electron chi connectivity index (χ3n) is 4.30. The molecule has 0 bridgehead atoms. The fourth-order valence-electron chi connectivity index (χ4n) is 3.05. The second-order valence-electron chi connectivity index (χ2n) is 6.20. The number of nitrogens with zero attached hydrogens (tertiary/aromatic N) is 4. The van der Waals surface area contributed by atoms with Crippen molar-refractivity contribution in [3.8, 4) is 0 Å². The molecular weight excluding hydrogens is 381 g/mol. The zero-order chi connectivity index (χ0) is 19.5. The van der Waals surface area contributed by atoms with Crippen LogP contribution in [0.1, 0.15) is 11.3 Å². The summed E-state index contributed by atoms with van der Waals surface area (Å²) in [4.78, 5) is 29.1. The van der Waals surface area contributed by atoms with Gasteiger partial charge in [-0.1, -0.05) is 29.8 Å². The van der Waals surface area contributed by atoms with Crippen molar-refractivity contribution in [3.63, 3.8) is 0 Å². The van der Waals surface area contributed by atoms with E-state index in [2.05, 4.69) is 19.9 Å². The topological polar surface area (TPSA) is 74.8 Å². The molecule has 0 saturated heterocycles. The van der Waals surface area contributed by atoms with Gasteiger partial charge in [-0.3, -0.25) is 9.78 Å². The smallest absolute Gasteiger partial charge is 0.248 e. The molecule has 0 aliphatic heterocycles.